The van der Waals surface area contributed by atoms with E-state index in [0.717, 1.165) is 11.3 Å². The number of anilines is 1. The van der Waals surface area contributed by atoms with Crippen molar-refractivity contribution >= 4 is 29.1 Å². The molecule has 2 heterocycles. The Morgan fingerprint density at radius 3 is 2.92 bits per heavy atom. The van der Waals surface area contributed by atoms with E-state index in [9.17, 15) is 9.59 Å². The van der Waals surface area contributed by atoms with Crippen LogP contribution in [0.2, 0.25) is 5.02 Å². The molecule has 1 N–H and O–H groups in total. The van der Waals surface area contributed by atoms with E-state index in [4.69, 9.17) is 16.3 Å². The molecule has 1 aliphatic heterocycles. The molecule has 3 rings (SSSR count). The molecule has 7 heteroatoms. The van der Waals surface area contributed by atoms with Gasteiger partial charge < -0.3 is 15.0 Å². The summed E-state index contributed by atoms with van der Waals surface area (Å²) in [5.74, 6) is -0.174. The Morgan fingerprint density at radius 2 is 2.23 bits per heavy atom. The number of aryl methyl sites for hydroxylation is 1. The number of pyridine rings is 1. The number of carbonyl (C=O) groups excluding carboxylic acids is 2. The standard InChI is InChI=1S/C19H20ClN3O3/c1-12-7-16(17(26-2)9-15(12)20)22-19(25)13-8-18(24)23(10-13)11-14-5-3-4-6-21-14/h3-7,9,13H,8,10-11H2,1-2H3,(H,22,25). The number of methoxy groups -OCH3 is 1. The molecule has 6 nitrogen and oxygen atoms in total. The highest BCUT2D eigenvalue weighted by molar-refractivity contribution is 6.31. The van der Waals surface area contributed by atoms with Gasteiger partial charge >= 0.3 is 0 Å². The van der Waals surface area contributed by atoms with Crippen LogP contribution in [0.1, 0.15) is 17.7 Å². The largest absolute Gasteiger partial charge is 0.495 e. The van der Waals surface area contributed by atoms with Gasteiger partial charge in [0.2, 0.25) is 11.8 Å². The molecule has 0 radical (unpaired) electrons. The van der Waals surface area contributed by atoms with Crippen LogP contribution in [-0.4, -0.2) is 35.4 Å². The summed E-state index contributed by atoms with van der Waals surface area (Å²) in [4.78, 5) is 30.8. The average Bonchev–Trinajstić information content (AvgIpc) is 2.99. The van der Waals surface area contributed by atoms with Gasteiger partial charge in [-0.15, -0.1) is 0 Å². The van der Waals surface area contributed by atoms with E-state index >= 15 is 0 Å². The molecule has 0 spiro atoms. The minimum Gasteiger partial charge on any atom is -0.495 e. The van der Waals surface area contributed by atoms with E-state index in [1.54, 1.807) is 23.2 Å². The summed E-state index contributed by atoms with van der Waals surface area (Å²) in [6.45, 7) is 2.63. The van der Waals surface area contributed by atoms with Gasteiger partial charge in [0.05, 0.1) is 31.0 Å². The van der Waals surface area contributed by atoms with Crippen molar-refractivity contribution in [1.82, 2.24) is 9.88 Å². The van der Waals surface area contributed by atoms with Gasteiger partial charge in [0.1, 0.15) is 5.75 Å². The lowest BCUT2D eigenvalue weighted by molar-refractivity contribution is -0.128. The summed E-state index contributed by atoms with van der Waals surface area (Å²) in [5.41, 5.74) is 2.19. The fourth-order valence-electron chi connectivity index (χ4n) is 2.95. The van der Waals surface area contributed by atoms with E-state index < -0.39 is 5.92 Å². The van der Waals surface area contributed by atoms with E-state index in [0.29, 0.717) is 29.5 Å². The Kier molecular flexibility index (Phi) is 5.42. The van der Waals surface area contributed by atoms with Crippen molar-refractivity contribution in [3.63, 3.8) is 0 Å². The van der Waals surface area contributed by atoms with Gasteiger partial charge in [-0.25, -0.2) is 0 Å². The Bertz CT molecular complexity index is 826. The highest BCUT2D eigenvalue weighted by atomic mass is 35.5. The second kappa shape index (κ2) is 7.74. The molecule has 136 valence electrons. The van der Waals surface area contributed by atoms with Crippen molar-refractivity contribution in [2.24, 2.45) is 5.92 Å². The lowest BCUT2D eigenvalue weighted by Crippen LogP contribution is -2.28. The maximum atomic E-state index is 12.6. The second-order valence-corrected chi connectivity index (χ2v) is 6.69. The topological polar surface area (TPSA) is 71.5 Å². The smallest absolute Gasteiger partial charge is 0.229 e. The maximum Gasteiger partial charge on any atom is 0.229 e. The summed E-state index contributed by atoms with van der Waals surface area (Å²) in [6.07, 6.45) is 1.88. The third-order valence-corrected chi connectivity index (χ3v) is 4.81. The zero-order valence-corrected chi connectivity index (χ0v) is 15.4. The molecule has 0 bridgehead atoms. The number of ether oxygens (including phenoxy) is 1. The number of halogens is 1. The minimum atomic E-state index is -0.410. The van der Waals surface area contributed by atoms with Gasteiger partial charge in [-0.05, 0) is 30.7 Å². The van der Waals surface area contributed by atoms with E-state index in [1.165, 1.54) is 7.11 Å². The molecule has 1 aromatic carbocycles. The quantitative estimate of drug-likeness (QED) is 0.874. The molecule has 2 amide bonds. The Morgan fingerprint density at radius 1 is 1.42 bits per heavy atom. The number of carbonyl (C=O) groups is 2. The predicted octanol–water partition coefficient (Wildman–Crippen LogP) is 3.04. The highest BCUT2D eigenvalue weighted by Gasteiger charge is 2.34. The third kappa shape index (κ3) is 3.96. The number of benzene rings is 1. The third-order valence-electron chi connectivity index (χ3n) is 4.40. The van der Waals surface area contributed by atoms with E-state index in [1.807, 2.05) is 25.1 Å². The number of hydrogen-bond acceptors (Lipinski definition) is 4. The number of amides is 2. The highest BCUT2D eigenvalue weighted by Crippen LogP contribution is 2.32. The number of nitrogens with one attached hydrogen (secondary N) is 1. The van der Waals surface area contributed by atoms with Crippen LogP contribution in [0, 0.1) is 12.8 Å². The summed E-state index contributed by atoms with van der Waals surface area (Å²) in [5, 5.41) is 3.43. The summed E-state index contributed by atoms with van der Waals surface area (Å²) < 4.78 is 5.28. The van der Waals surface area contributed by atoms with Crippen molar-refractivity contribution in [2.75, 3.05) is 19.0 Å². The summed E-state index contributed by atoms with van der Waals surface area (Å²) in [7, 11) is 1.52. The van der Waals surface area contributed by atoms with Gasteiger partial charge in [-0.1, -0.05) is 17.7 Å². The van der Waals surface area contributed by atoms with Crippen molar-refractivity contribution < 1.29 is 14.3 Å². The lowest BCUT2D eigenvalue weighted by atomic mass is 10.1. The number of rotatable bonds is 5. The Hall–Kier alpha value is -2.60. The van der Waals surface area contributed by atoms with Crippen LogP contribution < -0.4 is 10.1 Å². The molecule has 1 aromatic heterocycles. The van der Waals surface area contributed by atoms with Crippen LogP contribution in [0.3, 0.4) is 0 Å². The monoisotopic (exact) mass is 373 g/mol. The Labute approximate surface area is 157 Å². The first-order valence-electron chi connectivity index (χ1n) is 8.30. The first-order valence-corrected chi connectivity index (χ1v) is 8.68. The molecule has 0 saturated carbocycles. The van der Waals surface area contributed by atoms with Crippen LogP contribution in [0.4, 0.5) is 5.69 Å². The first kappa shape index (κ1) is 18.2. The van der Waals surface area contributed by atoms with Crippen molar-refractivity contribution in [3.8, 4) is 5.75 Å². The van der Waals surface area contributed by atoms with Gasteiger partial charge in [0.15, 0.2) is 0 Å². The fourth-order valence-corrected chi connectivity index (χ4v) is 3.11. The molecule has 1 unspecified atom stereocenters. The summed E-state index contributed by atoms with van der Waals surface area (Å²) in [6, 6.07) is 9.00. The molecule has 1 atom stereocenters. The van der Waals surface area contributed by atoms with Crippen molar-refractivity contribution in [3.05, 3.63) is 52.8 Å². The number of aromatic nitrogens is 1. The normalized spacial score (nSPS) is 16.7. The summed E-state index contributed by atoms with van der Waals surface area (Å²) >= 11 is 6.09. The van der Waals surface area contributed by atoms with E-state index in [-0.39, 0.29) is 18.2 Å². The second-order valence-electron chi connectivity index (χ2n) is 6.29. The van der Waals surface area contributed by atoms with Gasteiger partial charge in [0, 0.05) is 30.3 Å². The SMILES string of the molecule is COc1cc(Cl)c(C)cc1NC(=O)C1CC(=O)N(Cc2ccccn2)C1. The van der Waals surface area contributed by atoms with Crippen LogP contribution in [0.5, 0.6) is 5.75 Å². The zero-order valence-electron chi connectivity index (χ0n) is 14.7. The number of hydrogen-bond donors (Lipinski definition) is 1. The molecular weight excluding hydrogens is 354 g/mol. The molecule has 0 aliphatic carbocycles. The van der Waals surface area contributed by atoms with Crippen molar-refractivity contribution in [1.29, 1.82) is 0 Å². The maximum absolute atomic E-state index is 12.6. The van der Waals surface area contributed by atoms with Gasteiger partial charge in [0.25, 0.3) is 0 Å². The number of nitrogens with zero attached hydrogens (tertiary/aromatic N) is 2. The first-order chi connectivity index (χ1) is 12.5. The van der Waals surface area contributed by atoms with Crippen LogP contribution >= 0.6 is 11.6 Å². The molecule has 2 aromatic rings. The molecule has 26 heavy (non-hydrogen) atoms. The van der Waals surface area contributed by atoms with Gasteiger partial charge in [-0.2, -0.15) is 0 Å². The predicted molar refractivity (Wildman–Crippen MR) is 99.1 cm³/mol. The fraction of sp³-hybridized carbons (Fsp3) is 0.316. The number of likely N-dealkylation sites (tertiary alicyclic amines) is 1. The molecule has 1 fully saturated rings. The molecular formula is C19H20ClN3O3. The zero-order chi connectivity index (χ0) is 18.7. The van der Waals surface area contributed by atoms with Gasteiger partial charge in [-0.3, -0.25) is 14.6 Å². The molecule has 1 aliphatic rings. The van der Waals surface area contributed by atoms with Crippen LogP contribution in [0.15, 0.2) is 36.5 Å². The molecule has 1 saturated heterocycles. The Balaban J connectivity index is 1.68. The van der Waals surface area contributed by atoms with Crippen LogP contribution in [0.25, 0.3) is 0 Å². The van der Waals surface area contributed by atoms with E-state index in [2.05, 4.69) is 10.3 Å². The average molecular weight is 374 g/mol. The minimum absolute atomic E-state index is 0.0462. The van der Waals surface area contributed by atoms with Crippen LogP contribution in [-0.2, 0) is 16.1 Å². The lowest BCUT2D eigenvalue weighted by Gasteiger charge is -2.17. The van der Waals surface area contributed by atoms with Crippen molar-refractivity contribution in [2.45, 2.75) is 19.9 Å².